The zero-order valence-electron chi connectivity index (χ0n) is 13.9. The standard InChI is InChI=1S/C19H21N3O2/c1-12-7-15-8-14(18(23)20-2)4-3-13(15)9-16(12)19(24)5-6-22-11-21-10-17(19)22/h3-4,8-12,24H,5-7H2,1-2H3,(H,20,23). The van der Waals surface area contributed by atoms with Crippen molar-refractivity contribution in [3.8, 4) is 0 Å². The van der Waals surface area contributed by atoms with Crippen LogP contribution in [0.2, 0.25) is 0 Å². The number of imidazole rings is 1. The minimum Gasteiger partial charge on any atom is -0.379 e. The summed E-state index contributed by atoms with van der Waals surface area (Å²) in [6.45, 7) is 2.93. The van der Waals surface area contributed by atoms with Crippen molar-refractivity contribution >= 4 is 12.0 Å². The van der Waals surface area contributed by atoms with Gasteiger partial charge in [-0.05, 0) is 41.2 Å². The third-order valence-corrected chi connectivity index (χ3v) is 5.33. The van der Waals surface area contributed by atoms with Gasteiger partial charge in [-0.3, -0.25) is 4.79 Å². The number of nitrogens with zero attached hydrogens (tertiary/aromatic N) is 2. The van der Waals surface area contributed by atoms with Gasteiger partial charge < -0.3 is 15.0 Å². The van der Waals surface area contributed by atoms with Gasteiger partial charge in [0.05, 0.1) is 18.2 Å². The number of rotatable bonds is 2. The number of hydrogen-bond donors (Lipinski definition) is 2. The molecule has 0 fully saturated rings. The molecule has 2 atom stereocenters. The number of aromatic nitrogens is 2. The maximum atomic E-state index is 11.8. The molecule has 0 spiro atoms. The number of amides is 1. The summed E-state index contributed by atoms with van der Waals surface area (Å²) in [5.41, 5.74) is 3.91. The summed E-state index contributed by atoms with van der Waals surface area (Å²) < 4.78 is 2.03. The van der Waals surface area contributed by atoms with Crippen LogP contribution in [-0.2, 0) is 18.6 Å². The second-order valence-corrected chi connectivity index (χ2v) is 6.78. The van der Waals surface area contributed by atoms with E-state index in [0.29, 0.717) is 12.0 Å². The molecule has 124 valence electrons. The van der Waals surface area contributed by atoms with Gasteiger partial charge in [-0.15, -0.1) is 0 Å². The van der Waals surface area contributed by atoms with Gasteiger partial charge in [0.2, 0.25) is 0 Å². The molecular formula is C19H21N3O2. The van der Waals surface area contributed by atoms with E-state index >= 15 is 0 Å². The van der Waals surface area contributed by atoms with E-state index in [-0.39, 0.29) is 11.8 Å². The molecule has 5 heteroatoms. The summed E-state index contributed by atoms with van der Waals surface area (Å²) in [6.07, 6.45) is 7.16. The third kappa shape index (κ3) is 2.12. The van der Waals surface area contributed by atoms with Crippen molar-refractivity contribution in [3.05, 3.63) is 58.7 Å². The lowest BCUT2D eigenvalue weighted by Gasteiger charge is -2.33. The van der Waals surface area contributed by atoms with Crippen molar-refractivity contribution in [2.75, 3.05) is 7.05 Å². The summed E-state index contributed by atoms with van der Waals surface area (Å²) in [5.74, 6) is 0.141. The average molecular weight is 323 g/mol. The lowest BCUT2D eigenvalue weighted by molar-refractivity contribution is 0.0682. The molecule has 0 bridgehead atoms. The van der Waals surface area contributed by atoms with Crippen molar-refractivity contribution in [2.24, 2.45) is 5.92 Å². The SMILES string of the molecule is CNC(=O)c1ccc2c(c1)CC(C)C(C1(O)CCn3cncc31)=C2. The molecule has 1 amide bonds. The number of aryl methyl sites for hydroxylation is 1. The number of carbonyl (C=O) groups is 1. The maximum Gasteiger partial charge on any atom is 0.251 e. The highest BCUT2D eigenvalue weighted by Gasteiger charge is 2.43. The molecule has 2 aliphatic rings. The zero-order chi connectivity index (χ0) is 16.9. The highest BCUT2D eigenvalue weighted by molar-refractivity contribution is 5.94. The van der Waals surface area contributed by atoms with Crippen LogP contribution in [0, 0.1) is 5.92 Å². The molecule has 1 aromatic carbocycles. The van der Waals surface area contributed by atoms with E-state index in [0.717, 1.165) is 35.4 Å². The topological polar surface area (TPSA) is 67.2 Å². The number of nitrogens with one attached hydrogen (secondary N) is 1. The lowest BCUT2D eigenvalue weighted by Crippen LogP contribution is -2.31. The molecule has 2 N–H and O–H groups in total. The molecule has 0 radical (unpaired) electrons. The van der Waals surface area contributed by atoms with Crippen LogP contribution in [0.25, 0.3) is 6.08 Å². The van der Waals surface area contributed by atoms with Crippen molar-refractivity contribution < 1.29 is 9.90 Å². The minimum atomic E-state index is -0.937. The molecule has 1 aliphatic heterocycles. The average Bonchev–Trinajstić information content (AvgIpc) is 3.17. The predicted molar refractivity (Wildman–Crippen MR) is 91.4 cm³/mol. The van der Waals surface area contributed by atoms with Crippen molar-refractivity contribution in [3.63, 3.8) is 0 Å². The van der Waals surface area contributed by atoms with Crippen LogP contribution >= 0.6 is 0 Å². The van der Waals surface area contributed by atoms with E-state index in [1.807, 2.05) is 22.8 Å². The summed E-state index contributed by atoms with van der Waals surface area (Å²) >= 11 is 0. The Kier molecular flexibility index (Phi) is 3.35. The highest BCUT2D eigenvalue weighted by Crippen LogP contribution is 2.45. The summed E-state index contributed by atoms with van der Waals surface area (Å²) in [7, 11) is 1.64. The van der Waals surface area contributed by atoms with E-state index in [1.165, 1.54) is 0 Å². The maximum absolute atomic E-state index is 11.8. The predicted octanol–water partition coefficient (Wildman–Crippen LogP) is 2.11. The largest absolute Gasteiger partial charge is 0.379 e. The van der Waals surface area contributed by atoms with Crippen LogP contribution in [0.3, 0.4) is 0 Å². The van der Waals surface area contributed by atoms with E-state index < -0.39 is 5.60 Å². The van der Waals surface area contributed by atoms with E-state index in [9.17, 15) is 9.90 Å². The van der Waals surface area contributed by atoms with Crippen molar-refractivity contribution in [1.29, 1.82) is 0 Å². The Morgan fingerprint density at radius 1 is 1.46 bits per heavy atom. The molecular weight excluding hydrogens is 302 g/mol. The number of fused-ring (bicyclic) bond motifs is 2. The number of hydrogen-bond acceptors (Lipinski definition) is 3. The Morgan fingerprint density at radius 3 is 3.08 bits per heavy atom. The first kappa shape index (κ1) is 15.1. The van der Waals surface area contributed by atoms with Gasteiger partial charge in [0.25, 0.3) is 5.91 Å². The molecule has 1 aromatic heterocycles. The molecule has 24 heavy (non-hydrogen) atoms. The van der Waals surface area contributed by atoms with E-state index in [1.54, 1.807) is 19.6 Å². The molecule has 2 aromatic rings. The second kappa shape index (κ2) is 5.31. The first-order valence-electron chi connectivity index (χ1n) is 8.33. The first-order valence-corrected chi connectivity index (χ1v) is 8.33. The van der Waals surface area contributed by atoms with Gasteiger partial charge in [0, 0.05) is 25.6 Å². The summed E-state index contributed by atoms with van der Waals surface area (Å²) in [5, 5.41) is 14.0. The summed E-state index contributed by atoms with van der Waals surface area (Å²) in [4.78, 5) is 16.0. The van der Waals surface area contributed by atoms with Crippen LogP contribution in [0.4, 0.5) is 0 Å². The van der Waals surface area contributed by atoms with Crippen molar-refractivity contribution in [1.82, 2.24) is 14.9 Å². The lowest BCUT2D eigenvalue weighted by atomic mass is 9.74. The monoisotopic (exact) mass is 323 g/mol. The van der Waals surface area contributed by atoms with Crippen LogP contribution in [0.5, 0.6) is 0 Å². The Hall–Kier alpha value is -2.40. The van der Waals surface area contributed by atoms with Crippen LogP contribution in [-0.4, -0.2) is 27.6 Å². The molecule has 2 unspecified atom stereocenters. The molecule has 4 rings (SSSR count). The minimum absolute atomic E-state index is 0.0708. The normalized spacial score (nSPS) is 25.0. The quantitative estimate of drug-likeness (QED) is 0.889. The Balaban J connectivity index is 1.77. The van der Waals surface area contributed by atoms with E-state index in [2.05, 4.69) is 23.3 Å². The highest BCUT2D eigenvalue weighted by atomic mass is 16.3. The number of aliphatic hydroxyl groups is 1. The number of carbonyl (C=O) groups excluding carboxylic acids is 1. The van der Waals surface area contributed by atoms with Gasteiger partial charge in [0.1, 0.15) is 5.60 Å². The van der Waals surface area contributed by atoms with Crippen LogP contribution in [0.1, 0.15) is 40.5 Å². The van der Waals surface area contributed by atoms with Gasteiger partial charge in [-0.25, -0.2) is 4.98 Å². The van der Waals surface area contributed by atoms with Gasteiger partial charge in [-0.2, -0.15) is 0 Å². The van der Waals surface area contributed by atoms with Crippen molar-refractivity contribution in [2.45, 2.75) is 31.9 Å². The zero-order valence-corrected chi connectivity index (χ0v) is 13.9. The molecule has 1 aliphatic carbocycles. The fourth-order valence-electron chi connectivity index (χ4n) is 4.03. The number of benzene rings is 1. The van der Waals surface area contributed by atoms with Gasteiger partial charge in [-0.1, -0.05) is 19.1 Å². The Morgan fingerprint density at radius 2 is 2.29 bits per heavy atom. The molecule has 5 nitrogen and oxygen atoms in total. The smallest absolute Gasteiger partial charge is 0.251 e. The Labute approximate surface area is 141 Å². The fourth-order valence-corrected chi connectivity index (χ4v) is 4.03. The first-order chi connectivity index (χ1) is 11.5. The molecule has 0 saturated heterocycles. The third-order valence-electron chi connectivity index (χ3n) is 5.33. The molecule has 2 heterocycles. The fraction of sp³-hybridized carbons (Fsp3) is 0.368. The van der Waals surface area contributed by atoms with E-state index in [4.69, 9.17) is 0 Å². The van der Waals surface area contributed by atoms with Crippen LogP contribution in [0.15, 0.2) is 36.3 Å². The summed E-state index contributed by atoms with van der Waals surface area (Å²) in [6, 6.07) is 5.77. The van der Waals surface area contributed by atoms with Gasteiger partial charge in [0.15, 0.2) is 0 Å². The van der Waals surface area contributed by atoms with Gasteiger partial charge >= 0.3 is 0 Å². The molecule has 0 saturated carbocycles. The van der Waals surface area contributed by atoms with Crippen LogP contribution < -0.4 is 5.32 Å². The Bertz CT molecular complexity index is 852. The second-order valence-electron chi connectivity index (χ2n) is 6.78.